The lowest BCUT2D eigenvalue weighted by Gasteiger charge is -2.19. The molecule has 1 aromatic heterocycles. The van der Waals surface area contributed by atoms with Crippen molar-refractivity contribution in [3.63, 3.8) is 0 Å². The van der Waals surface area contributed by atoms with Crippen LogP contribution in [0.1, 0.15) is 31.0 Å². The van der Waals surface area contributed by atoms with E-state index in [-0.39, 0.29) is 0 Å². The van der Waals surface area contributed by atoms with Crippen LogP contribution < -0.4 is 5.32 Å². The Hall–Kier alpha value is -0.800. The van der Waals surface area contributed by atoms with Crippen LogP contribution in [0.25, 0.3) is 10.9 Å². The first-order valence-corrected chi connectivity index (χ1v) is 6.99. The zero-order chi connectivity index (χ0) is 12.0. The number of nitrogens with one attached hydrogen (secondary N) is 1. The van der Waals surface area contributed by atoms with Gasteiger partial charge < -0.3 is 9.88 Å². The lowest BCUT2D eigenvalue weighted by molar-refractivity contribution is 0.520. The van der Waals surface area contributed by atoms with Gasteiger partial charge in [0.15, 0.2) is 0 Å². The Labute approximate surface area is 110 Å². The maximum atomic E-state index is 3.58. The molecule has 0 spiro atoms. The summed E-state index contributed by atoms with van der Waals surface area (Å²) >= 11 is 3.58. The molecule has 3 rings (SSSR count). The highest BCUT2D eigenvalue weighted by molar-refractivity contribution is 9.10. The minimum Gasteiger partial charge on any atom is -0.342 e. The largest absolute Gasteiger partial charge is 0.342 e. The fourth-order valence-corrected chi connectivity index (χ4v) is 3.24. The zero-order valence-electron chi connectivity index (χ0n) is 10.3. The van der Waals surface area contributed by atoms with Crippen molar-refractivity contribution < 1.29 is 0 Å². The maximum absolute atomic E-state index is 3.58. The van der Waals surface area contributed by atoms with Crippen LogP contribution in [0.3, 0.4) is 0 Å². The molecule has 0 atom stereocenters. The van der Waals surface area contributed by atoms with E-state index in [2.05, 4.69) is 57.9 Å². The van der Waals surface area contributed by atoms with Crippen molar-refractivity contribution in [1.29, 1.82) is 0 Å². The van der Waals surface area contributed by atoms with Crippen molar-refractivity contribution in [2.75, 3.05) is 6.54 Å². The van der Waals surface area contributed by atoms with Gasteiger partial charge in [-0.2, -0.15) is 0 Å². The highest BCUT2D eigenvalue weighted by atomic mass is 79.9. The number of benzene rings is 1. The van der Waals surface area contributed by atoms with Crippen molar-refractivity contribution in [2.45, 2.75) is 32.9 Å². The second-order valence-electron chi connectivity index (χ2n) is 5.00. The Morgan fingerprint density at radius 2 is 2.18 bits per heavy atom. The van der Waals surface area contributed by atoms with E-state index in [0.29, 0.717) is 5.92 Å². The van der Waals surface area contributed by atoms with Gasteiger partial charge in [0.25, 0.3) is 0 Å². The molecule has 0 unspecified atom stereocenters. The van der Waals surface area contributed by atoms with Gasteiger partial charge in [0.1, 0.15) is 0 Å². The summed E-state index contributed by atoms with van der Waals surface area (Å²) in [4.78, 5) is 0. The van der Waals surface area contributed by atoms with Crippen LogP contribution in [0.15, 0.2) is 22.7 Å². The SMILES string of the molecule is CC(C)c1c2n(c3cc(Br)ccc13)CCNC2. The van der Waals surface area contributed by atoms with E-state index in [1.54, 1.807) is 0 Å². The molecule has 0 saturated heterocycles. The predicted molar refractivity (Wildman–Crippen MR) is 75.4 cm³/mol. The fraction of sp³-hybridized carbons (Fsp3) is 0.429. The molecule has 90 valence electrons. The van der Waals surface area contributed by atoms with E-state index in [1.807, 2.05) is 0 Å². The highest BCUT2D eigenvalue weighted by Gasteiger charge is 2.21. The van der Waals surface area contributed by atoms with Gasteiger partial charge in [0.2, 0.25) is 0 Å². The van der Waals surface area contributed by atoms with Gasteiger partial charge in [-0.25, -0.2) is 0 Å². The van der Waals surface area contributed by atoms with Crippen molar-refractivity contribution >= 4 is 26.8 Å². The minimum absolute atomic E-state index is 0.579. The molecule has 0 amide bonds. The molecule has 0 saturated carbocycles. The van der Waals surface area contributed by atoms with Crippen LogP contribution in [-0.2, 0) is 13.1 Å². The van der Waals surface area contributed by atoms with Crippen molar-refractivity contribution in [3.8, 4) is 0 Å². The van der Waals surface area contributed by atoms with Crippen molar-refractivity contribution in [2.24, 2.45) is 0 Å². The van der Waals surface area contributed by atoms with E-state index >= 15 is 0 Å². The molecule has 1 aromatic carbocycles. The standard InChI is InChI=1S/C14H17BrN2/c1-9(2)14-11-4-3-10(15)7-12(11)17-6-5-16-8-13(14)17/h3-4,7,9,16H,5-6,8H2,1-2H3. The van der Waals surface area contributed by atoms with E-state index < -0.39 is 0 Å². The summed E-state index contributed by atoms with van der Waals surface area (Å²) in [6.07, 6.45) is 0. The number of hydrogen-bond donors (Lipinski definition) is 1. The lowest BCUT2D eigenvalue weighted by Crippen LogP contribution is -2.28. The third-order valence-corrected chi connectivity index (χ3v) is 4.05. The van der Waals surface area contributed by atoms with E-state index in [4.69, 9.17) is 0 Å². The molecule has 2 aromatic rings. The van der Waals surface area contributed by atoms with Gasteiger partial charge in [-0.05, 0) is 23.6 Å². The summed E-state index contributed by atoms with van der Waals surface area (Å²) in [5.74, 6) is 0.579. The van der Waals surface area contributed by atoms with E-state index in [0.717, 1.165) is 19.6 Å². The third-order valence-electron chi connectivity index (χ3n) is 3.56. The van der Waals surface area contributed by atoms with Crippen molar-refractivity contribution in [3.05, 3.63) is 33.9 Å². The fourth-order valence-electron chi connectivity index (χ4n) is 2.89. The van der Waals surface area contributed by atoms with Gasteiger partial charge in [-0.1, -0.05) is 35.8 Å². The Balaban J connectivity index is 2.37. The lowest BCUT2D eigenvalue weighted by atomic mass is 9.99. The Kier molecular flexibility index (Phi) is 2.75. The van der Waals surface area contributed by atoms with Gasteiger partial charge in [0, 0.05) is 40.7 Å². The molecule has 1 aliphatic rings. The first kappa shape index (κ1) is 11.3. The molecule has 2 heterocycles. The molecule has 17 heavy (non-hydrogen) atoms. The van der Waals surface area contributed by atoms with Crippen LogP contribution in [0.2, 0.25) is 0 Å². The summed E-state index contributed by atoms with van der Waals surface area (Å²) in [6, 6.07) is 6.64. The molecule has 0 radical (unpaired) electrons. The Morgan fingerprint density at radius 3 is 2.94 bits per heavy atom. The second kappa shape index (κ2) is 4.14. The minimum atomic E-state index is 0.579. The Bertz CT molecular complexity index is 569. The first-order chi connectivity index (χ1) is 8.18. The molecule has 1 N–H and O–H groups in total. The van der Waals surface area contributed by atoms with Crippen LogP contribution in [0.5, 0.6) is 0 Å². The molecular formula is C14H17BrN2. The van der Waals surface area contributed by atoms with Crippen molar-refractivity contribution in [1.82, 2.24) is 9.88 Å². The van der Waals surface area contributed by atoms with Gasteiger partial charge in [-0.15, -0.1) is 0 Å². The predicted octanol–water partition coefficient (Wildman–Crippen LogP) is 3.63. The average molecular weight is 293 g/mol. The van der Waals surface area contributed by atoms with E-state index in [9.17, 15) is 0 Å². The van der Waals surface area contributed by atoms with Crippen LogP contribution in [-0.4, -0.2) is 11.1 Å². The third kappa shape index (κ3) is 1.72. The molecular weight excluding hydrogens is 276 g/mol. The van der Waals surface area contributed by atoms with Gasteiger partial charge >= 0.3 is 0 Å². The monoisotopic (exact) mass is 292 g/mol. The molecule has 0 bridgehead atoms. The second-order valence-corrected chi connectivity index (χ2v) is 5.92. The quantitative estimate of drug-likeness (QED) is 0.849. The first-order valence-electron chi connectivity index (χ1n) is 6.19. The maximum Gasteiger partial charge on any atom is 0.0497 e. The van der Waals surface area contributed by atoms with Gasteiger partial charge in [0.05, 0.1) is 0 Å². The van der Waals surface area contributed by atoms with E-state index in [1.165, 1.54) is 26.6 Å². The Morgan fingerprint density at radius 1 is 1.35 bits per heavy atom. The number of rotatable bonds is 1. The zero-order valence-corrected chi connectivity index (χ0v) is 11.8. The summed E-state index contributed by atoms with van der Waals surface area (Å²) in [7, 11) is 0. The van der Waals surface area contributed by atoms with Gasteiger partial charge in [-0.3, -0.25) is 0 Å². The number of halogens is 1. The molecule has 3 heteroatoms. The number of aromatic nitrogens is 1. The highest BCUT2D eigenvalue weighted by Crippen LogP contribution is 2.34. The summed E-state index contributed by atoms with van der Waals surface area (Å²) in [5, 5.41) is 4.90. The molecule has 2 nitrogen and oxygen atoms in total. The molecule has 1 aliphatic heterocycles. The normalized spacial score (nSPS) is 15.5. The number of hydrogen-bond acceptors (Lipinski definition) is 1. The number of nitrogens with zero attached hydrogens (tertiary/aromatic N) is 1. The van der Waals surface area contributed by atoms with Crippen LogP contribution in [0, 0.1) is 0 Å². The summed E-state index contributed by atoms with van der Waals surface area (Å²) < 4.78 is 3.64. The molecule has 0 fully saturated rings. The summed E-state index contributed by atoms with van der Waals surface area (Å²) in [5.41, 5.74) is 4.36. The average Bonchev–Trinajstić information content (AvgIpc) is 2.63. The topological polar surface area (TPSA) is 17.0 Å². The summed E-state index contributed by atoms with van der Waals surface area (Å²) in [6.45, 7) is 7.72. The van der Waals surface area contributed by atoms with Crippen LogP contribution >= 0.6 is 15.9 Å². The molecule has 0 aliphatic carbocycles. The number of fused-ring (bicyclic) bond motifs is 3. The van der Waals surface area contributed by atoms with Crippen LogP contribution in [0.4, 0.5) is 0 Å². The smallest absolute Gasteiger partial charge is 0.0497 e.